The highest BCUT2D eigenvalue weighted by Crippen LogP contribution is 2.26. The molecule has 4 nitrogen and oxygen atoms in total. The molecule has 2 rings (SSSR count). The molecule has 0 saturated carbocycles. The Hall–Kier alpha value is -1.36. The molecule has 98 valence electrons. The third kappa shape index (κ3) is 2.56. The fourth-order valence-electron chi connectivity index (χ4n) is 2.20. The summed E-state index contributed by atoms with van der Waals surface area (Å²) >= 11 is 1.64. The van der Waals surface area contributed by atoms with Crippen LogP contribution in [0.25, 0.3) is 0 Å². The van der Waals surface area contributed by atoms with Crippen LogP contribution in [0.15, 0.2) is 17.5 Å². The molecule has 0 bridgehead atoms. The summed E-state index contributed by atoms with van der Waals surface area (Å²) < 4.78 is 0. The standard InChI is InChI=1S/C13H18N2O2S/c1-3-10-13(17)15(7-6-12(16)14-10)9(2)11-5-4-8-18-11/h4-5,8-10H,3,6-7H2,1-2H3,(H,14,16). The second-order valence-electron chi connectivity index (χ2n) is 4.50. The summed E-state index contributed by atoms with van der Waals surface area (Å²) in [4.78, 5) is 26.9. The van der Waals surface area contributed by atoms with Gasteiger partial charge < -0.3 is 10.2 Å². The highest BCUT2D eigenvalue weighted by Gasteiger charge is 2.31. The van der Waals surface area contributed by atoms with E-state index in [0.29, 0.717) is 19.4 Å². The van der Waals surface area contributed by atoms with Gasteiger partial charge in [0, 0.05) is 17.8 Å². The summed E-state index contributed by atoms with van der Waals surface area (Å²) in [6, 6.07) is 3.69. The Morgan fingerprint density at radius 2 is 2.33 bits per heavy atom. The first-order chi connectivity index (χ1) is 8.63. The number of nitrogens with one attached hydrogen (secondary N) is 1. The van der Waals surface area contributed by atoms with Gasteiger partial charge in [0.15, 0.2) is 0 Å². The van der Waals surface area contributed by atoms with E-state index in [4.69, 9.17) is 0 Å². The monoisotopic (exact) mass is 266 g/mol. The molecule has 2 heterocycles. The maximum atomic E-state index is 12.4. The molecule has 0 radical (unpaired) electrons. The van der Waals surface area contributed by atoms with Crippen LogP contribution in [0.5, 0.6) is 0 Å². The van der Waals surface area contributed by atoms with E-state index in [1.165, 1.54) is 0 Å². The van der Waals surface area contributed by atoms with Crippen LogP contribution >= 0.6 is 11.3 Å². The van der Waals surface area contributed by atoms with Crippen molar-refractivity contribution in [3.05, 3.63) is 22.4 Å². The molecule has 0 spiro atoms. The Morgan fingerprint density at radius 3 is 2.94 bits per heavy atom. The summed E-state index contributed by atoms with van der Waals surface area (Å²) in [7, 11) is 0. The van der Waals surface area contributed by atoms with Crippen molar-refractivity contribution in [2.75, 3.05) is 6.54 Å². The zero-order valence-corrected chi connectivity index (χ0v) is 11.5. The van der Waals surface area contributed by atoms with Crippen LogP contribution in [0, 0.1) is 0 Å². The summed E-state index contributed by atoms with van der Waals surface area (Å²) in [5, 5.41) is 4.79. The molecule has 1 fully saturated rings. The van der Waals surface area contributed by atoms with E-state index in [1.54, 1.807) is 11.3 Å². The van der Waals surface area contributed by atoms with Gasteiger partial charge >= 0.3 is 0 Å². The predicted molar refractivity (Wildman–Crippen MR) is 71.3 cm³/mol. The first-order valence-corrected chi connectivity index (χ1v) is 7.14. The van der Waals surface area contributed by atoms with Gasteiger partial charge in [-0.1, -0.05) is 13.0 Å². The van der Waals surface area contributed by atoms with E-state index in [0.717, 1.165) is 4.88 Å². The lowest BCUT2D eigenvalue weighted by Gasteiger charge is -2.29. The average molecular weight is 266 g/mol. The molecular weight excluding hydrogens is 248 g/mol. The van der Waals surface area contributed by atoms with Crippen molar-refractivity contribution in [1.29, 1.82) is 0 Å². The number of hydrogen-bond acceptors (Lipinski definition) is 3. The van der Waals surface area contributed by atoms with Crippen molar-refractivity contribution in [3.63, 3.8) is 0 Å². The number of hydrogen-bond donors (Lipinski definition) is 1. The van der Waals surface area contributed by atoms with Crippen LogP contribution < -0.4 is 5.32 Å². The van der Waals surface area contributed by atoms with Crippen molar-refractivity contribution in [1.82, 2.24) is 10.2 Å². The molecule has 18 heavy (non-hydrogen) atoms. The summed E-state index contributed by atoms with van der Waals surface area (Å²) in [6.45, 7) is 4.44. The highest BCUT2D eigenvalue weighted by molar-refractivity contribution is 7.10. The Labute approximate surface area is 111 Å². The minimum absolute atomic E-state index is 0.0314. The summed E-state index contributed by atoms with van der Waals surface area (Å²) in [5.74, 6) is 0.000305. The van der Waals surface area contributed by atoms with E-state index >= 15 is 0 Å². The SMILES string of the molecule is CCC1NC(=O)CCN(C(C)c2cccs2)C1=O. The van der Waals surface area contributed by atoms with Crippen molar-refractivity contribution >= 4 is 23.2 Å². The average Bonchev–Trinajstić information content (AvgIpc) is 2.84. The van der Waals surface area contributed by atoms with Gasteiger partial charge in [-0.15, -0.1) is 11.3 Å². The number of thiophene rings is 1. The molecule has 0 aliphatic carbocycles. The van der Waals surface area contributed by atoms with Crippen LogP contribution in [0.3, 0.4) is 0 Å². The third-order valence-electron chi connectivity index (χ3n) is 3.33. The van der Waals surface area contributed by atoms with E-state index in [9.17, 15) is 9.59 Å². The van der Waals surface area contributed by atoms with Gasteiger partial charge in [-0.05, 0) is 24.8 Å². The topological polar surface area (TPSA) is 49.4 Å². The molecule has 2 amide bonds. The minimum Gasteiger partial charge on any atom is -0.344 e. The van der Waals surface area contributed by atoms with Crippen LogP contribution in [-0.2, 0) is 9.59 Å². The van der Waals surface area contributed by atoms with Gasteiger partial charge in [0.2, 0.25) is 11.8 Å². The quantitative estimate of drug-likeness (QED) is 0.909. The largest absolute Gasteiger partial charge is 0.344 e. The molecule has 0 aromatic carbocycles. The van der Waals surface area contributed by atoms with Crippen molar-refractivity contribution in [2.24, 2.45) is 0 Å². The Morgan fingerprint density at radius 1 is 1.56 bits per heavy atom. The lowest BCUT2D eigenvalue weighted by atomic mass is 10.1. The van der Waals surface area contributed by atoms with Gasteiger partial charge in [-0.3, -0.25) is 9.59 Å². The van der Waals surface area contributed by atoms with Crippen LogP contribution in [0.2, 0.25) is 0 Å². The smallest absolute Gasteiger partial charge is 0.245 e. The molecule has 1 N–H and O–H groups in total. The Balaban J connectivity index is 2.20. The van der Waals surface area contributed by atoms with Crippen LogP contribution in [0.4, 0.5) is 0 Å². The van der Waals surface area contributed by atoms with Crippen LogP contribution in [-0.4, -0.2) is 29.3 Å². The molecule has 1 aromatic rings. The Kier molecular flexibility index (Phi) is 4.01. The van der Waals surface area contributed by atoms with Crippen LogP contribution in [0.1, 0.15) is 37.6 Å². The zero-order chi connectivity index (χ0) is 13.1. The van der Waals surface area contributed by atoms with Crippen molar-refractivity contribution in [3.8, 4) is 0 Å². The minimum atomic E-state index is -0.373. The first-order valence-electron chi connectivity index (χ1n) is 6.26. The third-order valence-corrected chi connectivity index (χ3v) is 4.37. The lowest BCUT2D eigenvalue weighted by molar-refractivity contribution is -0.135. The van der Waals surface area contributed by atoms with E-state index in [2.05, 4.69) is 5.32 Å². The first kappa shape index (κ1) is 13.1. The number of carbonyl (C=O) groups is 2. The van der Waals surface area contributed by atoms with Gasteiger partial charge in [0.25, 0.3) is 0 Å². The molecule has 2 atom stereocenters. The van der Waals surface area contributed by atoms with E-state index in [1.807, 2.05) is 36.3 Å². The fraction of sp³-hybridized carbons (Fsp3) is 0.538. The fourth-order valence-corrected chi connectivity index (χ4v) is 3.00. The van der Waals surface area contributed by atoms with E-state index < -0.39 is 0 Å². The molecule has 5 heteroatoms. The zero-order valence-electron chi connectivity index (χ0n) is 10.7. The molecule has 1 aromatic heterocycles. The highest BCUT2D eigenvalue weighted by atomic mass is 32.1. The number of nitrogens with zero attached hydrogens (tertiary/aromatic N) is 1. The molecule has 2 unspecified atom stereocenters. The van der Waals surface area contributed by atoms with Gasteiger partial charge in [-0.2, -0.15) is 0 Å². The molecular formula is C13H18N2O2S. The maximum absolute atomic E-state index is 12.4. The summed E-state index contributed by atoms with van der Waals surface area (Å²) in [5.41, 5.74) is 0. The van der Waals surface area contributed by atoms with E-state index in [-0.39, 0.29) is 23.9 Å². The van der Waals surface area contributed by atoms with Gasteiger partial charge in [0.1, 0.15) is 6.04 Å². The molecule has 1 saturated heterocycles. The second kappa shape index (κ2) is 5.52. The summed E-state index contributed by atoms with van der Waals surface area (Å²) in [6.07, 6.45) is 1.02. The van der Waals surface area contributed by atoms with Crippen molar-refractivity contribution < 1.29 is 9.59 Å². The number of amides is 2. The Bertz CT molecular complexity index is 430. The van der Waals surface area contributed by atoms with Gasteiger partial charge in [-0.25, -0.2) is 0 Å². The molecule has 1 aliphatic rings. The number of rotatable bonds is 3. The lowest BCUT2D eigenvalue weighted by Crippen LogP contribution is -2.44. The second-order valence-corrected chi connectivity index (χ2v) is 5.48. The van der Waals surface area contributed by atoms with Gasteiger partial charge in [0.05, 0.1) is 6.04 Å². The maximum Gasteiger partial charge on any atom is 0.245 e. The molecule has 1 aliphatic heterocycles. The normalized spacial score (nSPS) is 22.6. The van der Waals surface area contributed by atoms with Crippen molar-refractivity contribution in [2.45, 2.75) is 38.8 Å². The number of carbonyl (C=O) groups excluding carboxylic acids is 2. The predicted octanol–water partition coefficient (Wildman–Crippen LogP) is 1.94.